The van der Waals surface area contributed by atoms with Crippen molar-refractivity contribution in [3.63, 3.8) is 0 Å². The SMILES string of the molecule is Cc1cc(N2CCCCC2C2CCCN2)c(C#N)c(C)n1. The molecule has 0 saturated carbocycles. The zero-order chi connectivity index (χ0) is 14.8. The van der Waals surface area contributed by atoms with E-state index in [1.807, 2.05) is 13.8 Å². The van der Waals surface area contributed by atoms with Gasteiger partial charge in [-0.25, -0.2) is 0 Å². The van der Waals surface area contributed by atoms with Crippen molar-refractivity contribution in [1.82, 2.24) is 10.3 Å². The molecule has 4 nitrogen and oxygen atoms in total. The Morgan fingerprint density at radius 2 is 2.14 bits per heavy atom. The van der Waals surface area contributed by atoms with Crippen LogP contribution in [-0.4, -0.2) is 30.2 Å². The summed E-state index contributed by atoms with van der Waals surface area (Å²) in [5.74, 6) is 0. The Kier molecular flexibility index (Phi) is 4.12. The van der Waals surface area contributed by atoms with Crippen molar-refractivity contribution in [3.8, 4) is 6.07 Å². The maximum Gasteiger partial charge on any atom is 0.103 e. The van der Waals surface area contributed by atoms with Crippen molar-refractivity contribution in [2.75, 3.05) is 18.0 Å². The first kappa shape index (κ1) is 14.3. The molecule has 0 aliphatic carbocycles. The first-order valence-electron chi connectivity index (χ1n) is 8.09. The van der Waals surface area contributed by atoms with Gasteiger partial charge in [-0.2, -0.15) is 5.26 Å². The van der Waals surface area contributed by atoms with E-state index < -0.39 is 0 Å². The van der Waals surface area contributed by atoms with E-state index in [1.54, 1.807) is 0 Å². The molecule has 4 heteroatoms. The molecule has 2 aliphatic heterocycles. The van der Waals surface area contributed by atoms with Gasteiger partial charge in [0.25, 0.3) is 0 Å². The third-order valence-electron chi connectivity index (χ3n) is 4.84. The molecule has 0 aromatic carbocycles. The summed E-state index contributed by atoms with van der Waals surface area (Å²) in [7, 11) is 0. The van der Waals surface area contributed by atoms with Gasteiger partial charge < -0.3 is 10.2 Å². The van der Waals surface area contributed by atoms with Crippen molar-refractivity contribution in [3.05, 3.63) is 23.0 Å². The van der Waals surface area contributed by atoms with Crippen LogP contribution in [-0.2, 0) is 0 Å². The van der Waals surface area contributed by atoms with E-state index in [9.17, 15) is 5.26 Å². The summed E-state index contributed by atoms with van der Waals surface area (Å²) in [4.78, 5) is 6.94. The Morgan fingerprint density at radius 1 is 1.29 bits per heavy atom. The number of nitrogens with one attached hydrogen (secondary N) is 1. The standard InChI is InChI=1S/C17H24N4/c1-12-10-17(14(11-18)13(2)20-12)21-9-4-3-7-16(21)15-6-5-8-19-15/h10,15-16,19H,3-9H2,1-2H3. The van der Waals surface area contributed by atoms with Gasteiger partial charge in [-0.15, -0.1) is 0 Å². The van der Waals surface area contributed by atoms with E-state index in [2.05, 4.69) is 27.3 Å². The lowest BCUT2D eigenvalue weighted by Crippen LogP contribution is -2.50. The van der Waals surface area contributed by atoms with Crippen LogP contribution in [0.4, 0.5) is 5.69 Å². The second-order valence-corrected chi connectivity index (χ2v) is 6.31. The molecule has 0 bridgehead atoms. The van der Waals surface area contributed by atoms with Crippen LogP contribution in [0, 0.1) is 25.2 Å². The molecule has 0 spiro atoms. The number of pyridine rings is 1. The third kappa shape index (κ3) is 2.75. The smallest absolute Gasteiger partial charge is 0.103 e. The molecular weight excluding hydrogens is 260 g/mol. The zero-order valence-corrected chi connectivity index (χ0v) is 13.0. The minimum absolute atomic E-state index is 0.523. The van der Waals surface area contributed by atoms with Gasteiger partial charge in [0.05, 0.1) is 16.9 Å². The predicted octanol–water partition coefficient (Wildman–Crippen LogP) is 2.68. The van der Waals surface area contributed by atoms with Crippen LogP contribution in [0.5, 0.6) is 0 Å². The Labute approximate surface area is 127 Å². The molecule has 2 atom stereocenters. The number of anilines is 1. The molecule has 3 rings (SSSR count). The van der Waals surface area contributed by atoms with Crippen LogP contribution in [0.2, 0.25) is 0 Å². The predicted molar refractivity (Wildman–Crippen MR) is 84.4 cm³/mol. The summed E-state index contributed by atoms with van der Waals surface area (Å²) in [5.41, 5.74) is 3.72. The molecule has 112 valence electrons. The summed E-state index contributed by atoms with van der Waals surface area (Å²) < 4.78 is 0. The minimum Gasteiger partial charge on any atom is -0.366 e. The van der Waals surface area contributed by atoms with Gasteiger partial charge in [-0.3, -0.25) is 4.98 Å². The van der Waals surface area contributed by atoms with E-state index in [0.717, 1.165) is 35.7 Å². The number of piperidine rings is 1. The number of rotatable bonds is 2. The maximum absolute atomic E-state index is 9.54. The quantitative estimate of drug-likeness (QED) is 0.907. The lowest BCUT2D eigenvalue weighted by Gasteiger charge is -2.41. The highest BCUT2D eigenvalue weighted by Gasteiger charge is 2.33. The van der Waals surface area contributed by atoms with E-state index in [0.29, 0.717) is 12.1 Å². The van der Waals surface area contributed by atoms with Crippen molar-refractivity contribution in [2.45, 2.75) is 58.0 Å². The Balaban J connectivity index is 1.98. The van der Waals surface area contributed by atoms with Crippen molar-refractivity contribution in [1.29, 1.82) is 5.26 Å². The highest BCUT2D eigenvalue weighted by molar-refractivity contribution is 5.62. The lowest BCUT2D eigenvalue weighted by atomic mass is 9.93. The summed E-state index contributed by atoms with van der Waals surface area (Å²) in [6, 6.07) is 5.57. The molecule has 0 radical (unpaired) electrons. The van der Waals surface area contributed by atoms with Crippen LogP contribution in [0.15, 0.2) is 6.07 Å². The van der Waals surface area contributed by atoms with Gasteiger partial charge in [-0.1, -0.05) is 0 Å². The van der Waals surface area contributed by atoms with Crippen molar-refractivity contribution >= 4 is 5.69 Å². The fraction of sp³-hybridized carbons (Fsp3) is 0.647. The molecule has 2 saturated heterocycles. The molecule has 3 heterocycles. The number of aryl methyl sites for hydroxylation is 2. The number of hydrogen-bond acceptors (Lipinski definition) is 4. The molecule has 1 aromatic heterocycles. The third-order valence-corrected chi connectivity index (χ3v) is 4.84. The van der Waals surface area contributed by atoms with E-state index >= 15 is 0 Å². The normalized spacial score (nSPS) is 25.9. The van der Waals surface area contributed by atoms with E-state index in [-0.39, 0.29) is 0 Å². The highest BCUT2D eigenvalue weighted by Crippen LogP contribution is 2.32. The summed E-state index contributed by atoms with van der Waals surface area (Å²) in [6.45, 7) is 6.15. The molecule has 2 aliphatic rings. The molecular formula is C17H24N4. The fourth-order valence-corrected chi connectivity index (χ4v) is 3.89. The van der Waals surface area contributed by atoms with Crippen LogP contribution < -0.4 is 10.2 Å². The van der Waals surface area contributed by atoms with Crippen LogP contribution in [0.3, 0.4) is 0 Å². The summed E-state index contributed by atoms with van der Waals surface area (Å²) >= 11 is 0. The van der Waals surface area contributed by atoms with Crippen LogP contribution in [0.25, 0.3) is 0 Å². The first-order chi connectivity index (χ1) is 10.2. The average Bonchev–Trinajstić information content (AvgIpc) is 3.00. The maximum atomic E-state index is 9.54. The molecule has 0 amide bonds. The van der Waals surface area contributed by atoms with Crippen LogP contribution >= 0.6 is 0 Å². The summed E-state index contributed by atoms with van der Waals surface area (Å²) in [6.07, 6.45) is 6.27. The molecule has 2 unspecified atom stereocenters. The average molecular weight is 284 g/mol. The van der Waals surface area contributed by atoms with Crippen molar-refractivity contribution in [2.24, 2.45) is 0 Å². The van der Waals surface area contributed by atoms with Gasteiger partial charge in [0.15, 0.2) is 0 Å². The molecule has 2 fully saturated rings. The fourth-order valence-electron chi connectivity index (χ4n) is 3.89. The monoisotopic (exact) mass is 284 g/mol. The topological polar surface area (TPSA) is 52.0 Å². The van der Waals surface area contributed by atoms with E-state index in [4.69, 9.17) is 0 Å². The Hall–Kier alpha value is -1.60. The molecule has 1 aromatic rings. The molecule has 1 N–H and O–H groups in total. The van der Waals surface area contributed by atoms with Gasteiger partial charge in [0, 0.05) is 24.3 Å². The van der Waals surface area contributed by atoms with E-state index in [1.165, 1.54) is 32.1 Å². The summed E-state index contributed by atoms with van der Waals surface area (Å²) in [5, 5.41) is 13.2. The Morgan fingerprint density at radius 3 is 2.86 bits per heavy atom. The molecule has 21 heavy (non-hydrogen) atoms. The van der Waals surface area contributed by atoms with Gasteiger partial charge in [0.1, 0.15) is 6.07 Å². The number of nitriles is 1. The lowest BCUT2D eigenvalue weighted by molar-refractivity contribution is 0.378. The number of aromatic nitrogens is 1. The van der Waals surface area contributed by atoms with Crippen molar-refractivity contribution < 1.29 is 0 Å². The second kappa shape index (κ2) is 6.03. The largest absolute Gasteiger partial charge is 0.366 e. The second-order valence-electron chi connectivity index (χ2n) is 6.31. The zero-order valence-electron chi connectivity index (χ0n) is 13.0. The van der Waals surface area contributed by atoms with Gasteiger partial charge >= 0.3 is 0 Å². The minimum atomic E-state index is 0.523. The van der Waals surface area contributed by atoms with Gasteiger partial charge in [-0.05, 0) is 58.6 Å². The number of nitrogens with zero attached hydrogens (tertiary/aromatic N) is 3. The van der Waals surface area contributed by atoms with Crippen LogP contribution in [0.1, 0.15) is 49.1 Å². The van der Waals surface area contributed by atoms with Gasteiger partial charge in [0.2, 0.25) is 0 Å². The number of hydrogen-bond donors (Lipinski definition) is 1. The Bertz CT molecular complexity index is 555. The highest BCUT2D eigenvalue weighted by atomic mass is 15.2. The first-order valence-corrected chi connectivity index (χ1v) is 8.09.